The van der Waals surface area contributed by atoms with Crippen LogP contribution in [0.3, 0.4) is 0 Å². The third kappa shape index (κ3) is 2.55. The predicted molar refractivity (Wildman–Crippen MR) is 95.7 cm³/mol. The Balaban J connectivity index is 1.64. The van der Waals surface area contributed by atoms with E-state index in [0.29, 0.717) is 23.7 Å². The fraction of sp³-hybridized carbons (Fsp3) is 1.00. The maximum absolute atomic E-state index is 11.3. The minimum atomic E-state index is -0.657. The molecule has 0 spiro atoms. The smallest absolute Gasteiger partial charge is 0.0804 e. The molecule has 4 aliphatic carbocycles. The van der Waals surface area contributed by atoms with Gasteiger partial charge in [-0.05, 0) is 91.8 Å². The number of fused-ring (bicyclic) bond motifs is 5. The van der Waals surface area contributed by atoms with Gasteiger partial charge in [-0.3, -0.25) is 0 Å². The number of aliphatic hydroxyl groups excluding tert-OH is 4. The summed E-state index contributed by atoms with van der Waals surface area (Å²) in [7, 11) is 0. The molecule has 4 nitrogen and oxygen atoms in total. The normalized spacial score (nSPS) is 56.6. The highest BCUT2D eigenvalue weighted by Crippen LogP contribution is 2.67. The summed E-state index contributed by atoms with van der Waals surface area (Å²) in [6.07, 6.45) is 6.84. The summed E-state index contributed by atoms with van der Waals surface area (Å²) >= 11 is 0. The fourth-order valence-electron chi connectivity index (χ4n) is 8.16. The van der Waals surface area contributed by atoms with Crippen molar-refractivity contribution in [3.63, 3.8) is 0 Å². The Morgan fingerprint density at radius 3 is 2.48 bits per heavy atom. The first-order valence-electron chi connectivity index (χ1n) is 10.5. The second-order valence-electron chi connectivity index (χ2n) is 10.2. The van der Waals surface area contributed by atoms with Crippen LogP contribution in [0.2, 0.25) is 0 Å². The molecule has 0 aliphatic heterocycles. The monoisotopic (exact) mass is 352 g/mol. The lowest BCUT2D eigenvalue weighted by Crippen LogP contribution is -2.59. The van der Waals surface area contributed by atoms with Crippen LogP contribution < -0.4 is 0 Å². The lowest BCUT2D eigenvalue weighted by atomic mass is 9.44. The average Bonchev–Trinajstić information content (AvgIpc) is 2.91. The molecule has 0 heterocycles. The zero-order chi connectivity index (χ0) is 18.0. The van der Waals surface area contributed by atoms with Crippen LogP contribution in [0.1, 0.15) is 65.2 Å². The van der Waals surface area contributed by atoms with Gasteiger partial charge in [0.15, 0.2) is 0 Å². The maximum atomic E-state index is 11.3. The Kier molecular flexibility index (Phi) is 4.51. The number of aliphatic hydroxyl groups is 4. The molecule has 0 aromatic rings. The Bertz CT molecular complexity index is 510. The molecule has 0 aromatic heterocycles. The highest BCUT2D eigenvalue weighted by molar-refractivity contribution is 5.12. The van der Waals surface area contributed by atoms with E-state index in [0.717, 1.165) is 44.9 Å². The van der Waals surface area contributed by atoms with Crippen molar-refractivity contribution in [3.8, 4) is 0 Å². The quantitative estimate of drug-likeness (QED) is 0.615. The topological polar surface area (TPSA) is 80.9 Å². The van der Waals surface area contributed by atoms with Gasteiger partial charge in [-0.15, -0.1) is 0 Å². The van der Waals surface area contributed by atoms with E-state index in [4.69, 9.17) is 0 Å². The molecule has 4 aliphatic rings. The molecule has 10 atom stereocenters. The molecule has 4 unspecified atom stereocenters. The van der Waals surface area contributed by atoms with Crippen molar-refractivity contribution in [3.05, 3.63) is 0 Å². The molecule has 144 valence electrons. The first kappa shape index (κ1) is 18.2. The van der Waals surface area contributed by atoms with Gasteiger partial charge in [0.2, 0.25) is 0 Å². The van der Waals surface area contributed by atoms with Gasteiger partial charge in [0, 0.05) is 0 Å². The maximum Gasteiger partial charge on any atom is 0.0804 e. The molecule has 0 aromatic carbocycles. The van der Waals surface area contributed by atoms with Crippen molar-refractivity contribution in [1.29, 1.82) is 0 Å². The highest BCUT2D eigenvalue weighted by Gasteiger charge is 2.63. The fourth-order valence-corrected chi connectivity index (χ4v) is 8.16. The molecule has 0 bridgehead atoms. The zero-order valence-electron chi connectivity index (χ0n) is 15.8. The molecule has 4 rings (SSSR count). The van der Waals surface area contributed by atoms with E-state index in [9.17, 15) is 20.4 Å². The molecular formula is C21H36O4. The van der Waals surface area contributed by atoms with Crippen molar-refractivity contribution in [1.82, 2.24) is 0 Å². The van der Waals surface area contributed by atoms with Crippen molar-refractivity contribution in [2.45, 2.75) is 83.5 Å². The molecule has 4 heteroatoms. The average molecular weight is 353 g/mol. The van der Waals surface area contributed by atoms with Crippen molar-refractivity contribution < 1.29 is 20.4 Å². The molecule has 4 N–H and O–H groups in total. The number of rotatable bonds is 2. The van der Waals surface area contributed by atoms with E-state index in [2.05, 4.69) is 13.8 Å². The van der Waals surface area contributed by atoms with Crippen LogP contribution in [0.15, 0.2) is 0 Å². The first-order valence-corrected chi connectivity index (χ1v) is 10.5. The van der Waals surface area contributed by atoms with E-state index in [1.54, 1.807) is 0 Å². The van der Waals surface area contributed by atoms with Crippen LogP contribution >= 0.6 is 0 Å². The van der Waals surface area contributed by atoms with Gasteiger partial charge >= 0.3 is 0 Å². The minimum Gasteiger partial charge on any atom is -0.394 e. The summed E-state index contributed by atoms with van der Waals surface area (Å²) < 4.78 is 0. The van der Waals surface area contributed by atoms with Crippen LogP contribution in [-0.2, 0) is 0 Å². The van der Waals surface area contributed by atoms with Crippen molar-refractivity contribution in [2.75, 3.05) is 6.61 Å². The Morgan fingerprint density at radius 1 is 1.00 bits per heavy atom. The third-order valence-electron chi connectivity index (χ3n) is 9.29. The molecular weight excluding hydrogens is 316 g/mol. The van der Waals surface area contributed by atoms with Gasteiger partial charge in [0.25, 0.3) is 0 Å². The summed E-state index contributed by atoms with van der Waals surface area (Å²) in [6.45, 7) is 4.46. The first-order chi connectivity index (χ1) is 11.8. The molecule has 4 fully saturated rings. The van der Waals surface area contributed by atoms with Crippen LogP contribution in [0.5, 0.6) is 0 Å². The minimum absolute atomic E-state index is 0.0554. The summed E-state index contributed by atoms with van der Waals surface area (Å²) in [6, 6.07) is 0. The van der Waals surface area contributed by atoms with E-state index in [1.165, 1.54) is 6.42 Å². The number of hydrogen-bond donors (Lipinski definition) is 4. The van der Waals surface area contributed by atoms with Crippen LogP contribution in [0.25, 0.3) is 0 Å². The SMILES string of the molecule is C[C@]12C[C@H](O)C3[C@@H](CC[C@@H]4C[C@H](O)CC[C@]34C)C1CCC2C(O)CO. The van der Waals surface area contributed by atoms with Gasteiger partial charge in [0.05, 0.1) is 24.9 Å². The third-order valence-corrected chi connectivity index (χ3v) is 9.29. The Morgan fingerprint density at radius 2 is 1.76 bits per heavy atom. The summed E-state index contributed by atoms with van der Waals surface area (Å²) in [5.41, 5.74) is 0.0939. The van der Waals surface area contributed by atoms with Crippen molar-refractivity contribution in [2.24, 2.45) is 40.4 Å². The van der Waals surface area contributed by atoms with Crippen LogP contribution in [0, 0.1) is 40.4 Å². The molecule has 0 saturated heterocycles. The standard InChI is InChI=1S/C21H36O4/c1-20-8-7-13(23)9-12(20)3-4-14-15-5-6-16(18(25)11-22)21(15,2)10-17(24)19(14)20/h12-19,22-25H,3-11H2,1-2H3/t12-,13-,14+,15?,16?,17+,18?,19?,20+,21+/m1/s1. The second-order valence-corrected chi connectivity index (χ2v) is 10.2. The summed E-state index contributed by atoms with van der Waals surface area (Å²) in [5.74, 6) is 2.06. The van der Waals surface area contributed by atoms with Crippen LogP contribution in [-0.4, -0.2) is 45.3 Å². The number of hydrogen-bond acceptors (Lipinski definition) is 4. The summed E-state index contributed by atoms with van der Waals surface area (Å²) in [5, 5.41) is 41.2. The van der Waals surface area contributed by atoms with E-state index < -0.39 is 6.10 Å². The molecule has 0 radical (unpaired) electrons. The highest BCUT2D eigenvalue weighted by atomic mass is 16.3. The molecule has 25 heavy (non-hydrogen) atoms. The van der Waals surface area contributed by atoms with Gasteiger partial charge < -0.3 is 20.4 Å². The summed E-state index contributed by atoms with van der Waals surface area (Å²) in [4.78, 5) is 0. The van der Waals surface area contributed by atoms with Crippen LogP contribution in [0.4, 0.5) is 0 Å². The van der Waals surface area contributed by atoms with E-state index in [1.807, 2.05) is 0 Å². The second kappa shape index (κ2) is 6.19. The Hall–Kier alpha value is -0.160. The lowest BCUT2D eigenvalue weighted by Gasteiger charge is -2.62. The Labute approximate surface area is 151 Å². The predicted octanol–water partition coefficient (Wildman–Crippen LogP) is 2.33. The van der Waals surface area contributed by atoms with Gasteiger partial charge in [-0.25, -0.2) is 0 Å². The zero-order valence-corrected chi connectivity index (χ0v) is 15.8. The molecule has 0 amide bonds. The van der Waals surface area contributed by atoms with Gasteiger partial charge in [-0.1, -0.05) is 13.8 Å². The van der Waals surface area contributed by atoms with Crippen molar-refractivity contribution >= 4 is 0 Å². The van der Waals surface area contributed by atoms with E-state index in [-0.39, 0.29) is 35.6 Å². The lowest BCUT2D eigenvalue weighted by molar-refractivity contribution is -0.183. The molecule has 4 saturated carbocycles. The van der Waals surface area contributed by atoms with Gasteiger partial charge in [0.1, 0.15) is 0 Å². The van der Waals surface area contributed by atoms with Gasteiger partial charge in [-0.2, -0.15) is 0 Å². The largest absolute Gasteiger partial charge is 0.394 e. The van der Waals surface area contributed by atoms with E-state index >= 15 is 0 Å².